The Labute approximate surface area is 221 Å². The van der Waals surface area contributed by atoms with Crippen molar-refractivity contribution in [2.75, 3.05) is 42.4 Å². The summed E-state index contributed by atoms with van der Waals surface area (Å²) in [6.45, 7) is 2.06. The van der Waals surface area contributed by atoms with Crippen molar-refractivity contribution in [3.05, 3.63) is 72.4 Å². The number of piperidine rings is 1. The summed E-state index contributed by atoms with van der Waals surface area (Å²) in [5.41, 5.74) is 10.7. The van der Waals surface area contributed by atoms with Crippen LogP contribution in [0.2, 0.25) is 0 Å². The maximum absolute atomic E-state index is 11.7. The summed E-state index contributed by atoms with van der Waals surface area (Å²) in [5, 5.41) is 11.0. The van der Waals surface area contributed by atoms with E-state index in [4.69, 9.17) is 10.8 Å². The number of hydrogen-bond acceptors (Lipinski definition) is 8. The number of anilines is 3. The van der Waals surface area contributed by atoms with Crippen molar-refractivity contribution in [3.63, 3.8) is 0 Å². The molecule has 0 aliphatic carbocycles. The molecule has 0 spiro atoms. The second-order valence-corrected chi connectivity index (χ2v) is 11.8. The molecule has 2 aromatic heterocycles. The zero-order chi connectivity index (χ0) is 26.7. The van der Waals surface area contributed by atoms with Crippen molar-refractivity contribution in [2.45, 2.75) is 18.8 Å². The molecular formula is C27H31N7O3S. The average molecular weight is 534 g/mol. The Bertz CT molecular complexity index is 1540. The SMILES string of the molecule is CS(=O)(=O)CNc1ccccc1-c1ccc2cnc(Nc3ccc(C4CCN(CC(N)=O)CC4)cc3)nn12. The minimum atomic E-state index is -3.18. The Morgan fingerprint density at radius 2 is 1.79 bits per heavy atom. The number of fused-ring (bicyclic) bond motifs is 1. The number of hydrogen-bond donors (Lipinski definition) is 3. The van der Waals surface area contributed by atoms with Crippen molar-refractivity contribution in [1.82, 2.24) is 19.5 Å². The molecule has 0 saturated carbocycles. The van der Waals surface area contributed by atoms with Crippen LogP contribution in [0.25, 0.3) is 16.8 Å². The van der Waals surface area contributed by atoms with E-state index in [1.54, 1.807) is 10.7 Å². The Balaban J connectivity index is 1.31. The number of amides is 1. The van der Waals surface area contributed by atoms with Crippen molar-refractivity contribution < 1.29 is 13.2 Å². The van der Waals surface area contributed by atoms with Gasteiger partial charge in [-0.1, -0.05) is 30.3 Å². The lowest BCUT2D eigenvalue weighted by Gasteiger charge is -2.31. The van der Waals surface area contributed by atoms with Gasteiger partial charge in [-0.25, -0.2) is 17.9 Å². The molecule has 1 aliphatic heterocycles. The summed E-state index contributed by atoms with van der Waals surface area (Å²) in [6, 6.07) is 19.7. The fourth-order valence-corrected chi connectivity index (χ4v) is 5.26. The molecule has 1 amide bonds. The first-order valence-corrected chi connectivity index (χ1v) is 14.5. The van der Waals surface area contributed by atoms with Gasteiger partial charge in [-0.3, -0.25) is 9.69 Å². The number of carbonyl (C=O) groups excluding carboxylic acids is 1. The molecule has 38 heavy (non-hydrogen) atoms. The first-order chi connectivity index (χ1) is 18.2. The van der Waals surface area contributed by atoms with Crippen LogP contribution < -0.4 is 16.4 Å². The number of nitrogens with two attached hydrogens (primary N) is 1. The van der Waals surface area contributed by atoms with E-state index in [-0.39, 0.29) is 11.8 Å². The zero-order valence-electron chi connectivity index (χ0n) is 21.2. The maximum Gasteiger partial charge on any atom is 0.245 e. The number of sulfone groups is 1. The predicted molar refractivity (Wildman–Crippen MR) is 149 cm³/mol. The van der Waals surface area contributed by atoms with Gasteiger partial charge < -0.3 is 16.4 Å². The van der Waals surface area contributed by atoms with Gasteiger partial charge in [0, 0.05) is 23.2 Å². The van der Waals surface area contributed by atoms with E-state index in [0.29, 0.717) is 24.1 Å². The third-order valence-corrected chi connectivity index (χ3v) is 7.40. The molecule has 0 bridgehead atoms. The standard InChI is InChI=1S/C27H31N7O3S/c1-38(36,37)18-30-24-5-3-2-4-23(24)25-11-10-22-16-29-27(32-34(22)25)31-21-8-6-19(7-9-21)20-12-14-33(15-13-20)17-26(28)35/h2-11,16,20,30H,12-15,17-18H2,1H3,(H2,28,35)(H,31,32). The Kier molecular flexibility index (Phi) is 7.30. The lowest BCUT2D eigenvalue weighted by Crippen LogP contribution is -2.39. The van der Waals surface area contributed by atoms with Gasteiger partial charge in [0.1, 0.15) is 5.88 Å². The van der Waals surface area contributed by atoms with Crippen LogP contribution in [0.15, 0.2) is 66.9 Å². The molecular weight excluding hydrogens is 502 g/mol. The van der Waals surface area contributed by atoms with Crippen molar-refractivity contribution in [2.24, 2.45) is 5.73 Å². The van der Waals surface area contributed by atoms with Crippen LogP contribution >= 0.6 is 0 Å². The molecule has 3 heterocycles. The Hall–Kier alpha value is -3.96. The lowest BCUT2D eigenvalue weighted by atomic mass is 9.89. The number of nitrogens with one attached hydrogen (secondary N) is 2. The fraction of sp³-hybridized carbons (Fsp3) is 0.296. The second-order valence-electron chi connectivity index (χ2n) is 9.69. The van der Waals surface area contributed by atoms with Gasteiger partial charge in [-0.15, -0.1) is 5.10 Å². The van der Waals surface area contributed by atoms with Crippen LogP contribution in [0, 0.1) is 0 Å². The molecule has 5 rings (SSSR count). The Morgan fingerprint density at radius 1 is 1.05 bits per heavy atom. The molecule has 0 unspecified atom stereocenters. The second kappa shape index (κ2) is 10.8. The summed E-state index contributed by atoms with van der Waals surface area (Å²) in [4.78, 5) is 17.7. The van der Waals surface area contributed by atoms with Crippen LogP contribution in [0.1, 0.15) is 24.3 Å². The fourth-order valence-electron chi connectivity index (χ4n) is 4.84. The number of rotatable bonds is 9. The molecule has 11 heteroatoms. The van der Waals surface area contributed by atoms with Gasteiger partial charge in [0.2, 0.25) is 11.9 Å². The highest BCUT2D eigenvalue weighted by Crippen LogP contribution is 2.31. The molecule has 0 atom stereocenters. The summed E-state index contributed by atoms with van der Waals surface area (Å²) in [6.07, 6.45) is 4.94. The molecule has 198 valence electrons. The van der Waals surface area contributed by atoms with E-state index < -0.39 is 9.84 Å². The number of aromatic nitrogens is 3. The Morgan fingerprint density at radius 3 is 2.50 bits per heavy atom. The van der Waals surface area contributed by atoms with E-state index in [0.717, 1.165) is 48.4 Å². The van der Waals surface area contributed by atoms with E-state index >= 15 is 0 Å². The summed E-state index contributed by atoms with van der Waals surface area (Å²) in [5.74, 6) is 0.472. The van der Waals surface area contributed by atoms with Crippen molar-refractivity contribution in [1.29, 1.82) is 0 Å². The summed E-state index contributed by atoms with van der Waals surface area (Å²) >= 11 is 0. The van der Waals surface area contributed by atoms with Gasteiger partial charge in [0.25, 0.3) is 0 Å². The van der Waals surface area contributed by atoms with E-state index in [1.807, 2.05) is 48.5 Å². The molecule has 4 N–H and O–H groups in total. The number of benzene rings is 2. The molecule has 2 aromatic carbocycles. The molecule has 1 aliphatic rings. The lowest BCUT2D eigenvalue weighted by molar-refractivity contribution is -0.119. The van der Waals surface area contributed by atoms with E-state index in [9.17, 15) is 13.2 Å². The number of carbonyl (C=O) groups is 1. The van der Waals surface area contributed by atoms with Crippen LogP contribution in [0.3, 0.4) is 0 Å². The topological polar surface area (TPSA) is 135 Å². The first kappa shape index (κ1) is 25.7. The normalized spacial score (nSPS) is 15.0. The molecule has 1 fully saturated rings. The first-order valence-electron chi connectivity index (χ1n) is 12.5. The van der Waals surface area contributed by atoms with E-state index in [1.165, 1.54) is 11.8 Å². The smallest absolute Gasteiger partial charge is 0.245 e. The van der Waals surface area contributed by atoms with Gasteiger partial charge in [0.05, 0.1) is 24.0 Å². The summed E-state index contributed by atoms with van der Waals surface area (Å²) < 4.78 is 25.2. The largest absolute Gasteiger partial charge is 0.371 e. The average Bonchev–Trinajstić information content (AvgIpc) is 3.31. The predicted octanol–water partition coefficient (Wildman–Crippen LogP) is 3.22. The number of primary amides is 1. The van der Waals surface area contributed by atoms with Crippen LogP contribution in [-0.2, 0) is 14.6 Å². The highest BCUT2D eigenvalue weighted by molar-refractivity contribution is 7.90. The molecule has 4 aromatic rings. The van der Waals surface area contributed by atoms with Crippen LogP contribution in [0.4, 0.5) is 17.3 Å². The summed E-state index contributed by atoms with van der Waals surface area (Å²) in [7, 11) is -3.18. The molecule has 0 radical (unpaired) electrons. The van der Waals surface area contributed by atoms with Gasteiger partial charge in [0.15, 0.2) is 9.84 Å². The van der Waals surface area contributed by atoms with Crippen LogP contribution in [0.5, 0.6) is 0 Å². The highest BCUT2D eigenvalue weighted by Gasteiger charge is 2.21. The van der Waals surface area contributed by atoms with Gasteiger partial charge in [-0.05, 0) is 67.7 Å². The highest BCUT2D eigenvalue weighted by atomic mass is 32.2. The zero-order valence-corrected chi connectivity index (χ0v) is 22.0. The van der Waals surface area contributed by atoms with Gasteiger partial charge >= 0.3 is 0 Å². The third kappa shape index (κ3) is 6.12. The van der Waals surface area contributed by atoms with Crippen molar-refractivity contribution in [3.8, 4) is 11.3 Å². The van der Waals surface area contributed by atoms with Crippen molar-refractivity contribution >= 4 is 38.6 Å². The maximum atomic E-state index is 11.7. The van der Waals surface area contributed by atoms with E-state index in [2.05, 4.69) is 32.7 Å². The minimum Gasteiger partial charge on any atom is -0.371 e. The minimum absolute atomic E-state index is 0.155. The monoisotopic (exact) mass is 533 g/mol. The molecule has 1 saturated heterocycles. The molecule has 10 nitrogen and oxygen atoms in total. The third-order valence-electron chi connectivity index (χ3n) is 6.73. The van der Waals surface area contributed by atoms with Gasteiger partial charge in [-0.2, -0.15) is 0 Å². The number of para-hydroxylation sites is 1. The number of likely N-dealkylation sites (tertiary alicyclic amines) is 1. The quantitative estimate of drug-likeness (QED) is 0.299. The van der Waals surface area contributed by atoms with Crippen LogP contribution in [-0.4, -0.2) is 65.6 Å². The number of nitrogens with zero attached hydrogens (tertiary/aromatic N) is 4.